The standard InChI is InChI=1S/C25H30Cl2N2O2S/c1-18(25(31)28-23-5-3-2-4-6-23)29(15-19-7-11-21(26)12-8-19)24(30)17-32-16-20-9-13-22(27)14-10-20/h7-14,18,23H,2-6,15-17H2,1H3,(H,28,31)/t18-/m1/s1. The summed E-state index contributed by atoms with van der Waals surface area (Å²) in [5, 5.41) is 4.51. The van der Waals surface area contributed by atoms with Gasteiger partial charge in [-0.3, -0.25) is 9.59 Å². The molecule has 2 aromatic rings. The van der Waals surface area contributed by atoms with Crippen molar-refractivity contribution in [3.8, 4) is 0 Å². The van der Waals surface area contributed by atoms with Crippen LogP contribution in [-0.4, -0.2) is 34.6 Å². The number of nitrogens with one attached hydrogen (secondary N) is 1. The number of hydrogen-bond acceptors (Lipinski definition) is 3. The second kappa shape index (κ2) is 12.5. The van der Waals surface area contributed by atoms with Gasteiger partial charge in [0.25, 0.3) is 0 Å². The van der Waals surface area contributed by atoms with Crippen LogP contribution in [0.25, 0.3) is 0 Å². The number of nitrogens with zero attached hydrogens (tertiary/aromatic N) is 1. The van der Waals surface area contributed by atoms with Crippen molar-refractivity contribution in [1.82, 2.24) is 10.2 Å². The van der Waals surface area contributed by atoms with Crippen LogP contribution < -0.4 is 5.32 Å². The van der Waals surface area contributed by atoms with Crippen molar-refractivity contribution in [2.24, 2.45) is 0 Å². The SMILES string of the molecule is C[C@H](C(=O)NC1CCCCC1)N(Cc1ccc(Cl)cc1)C(=O)CSCc1ccc(Cl)cc1. The van der Waals surface area contributed by atoms with Crippen molar-refractivity contribution in [2.45, 2.75) is 63.4 Å². The largest absolute Gasteiger partial charge is 0.352 e. The molecule has 1 aliphatic carbocycles. The summed E-state index contributed by atoms with van der Waals surface area (Å²) in [4.78, 5) is 27.8. The van der Waals surface area contributed by atoms with Gasteiger partial charge in [-0.05, 0) is 55.2 Å². The summed E-state index contributed by atoms with van der Waals surface area (Å²) < 4.78 is 0. The first-order valence-corrected chi connectivity index (χ1v) is 13.0. The predicted octanol–water partition coefficient (Wildman–Crippen LogP) is 6.09. The lowest BCUT2D eigenvalue weighted by Crippen LogP contribution is -2.50. The lowest BCUT2D eigenvalue weighted by atomic mass is 9.95. The molecule has 0 aromatic heterocycles. The fraction of sp³-hybridized carbons (Fsp3) is 0.440. The molecule has 0 bridgehead atoms. The van der Waals surface area contributed by atoms with E-state index in [1.165, 1.54) is 18.2 Å². The summed E-state index contributed by atoms with van der Waals surface area (Å²) in [5.41, 5.74) is 2.06. The Morgan fingerprint density at radius 2 is 1.53 bits per heavy atom. The van der Waals surface area contributed by atoms with E-state index in [0.29, 0.717) is 28.1 Å². The summed E-state index contributed by atoms with van der Waals surface area (Å²) in [6.45, 7) is 2.19. The molecule has 4 nitrogen and oxygen atoms in total. The second-order valence-electron chi connectivity index (χ2n) is 8.29. The van der Waals surface area contributed by atoms with Gasteiger partial charge >= 0.3 is 0 Å². The molecule has 0 unspecified atom stereocenters. The molecule has 0 heterocycles. The summed E-state index contributed by atoms with van der Waals surface area (Å²) in [6.07, 6.45) is 5.55. The molecule has 1 saturated carbocycles. The molecular weight excluding hydrogens is 463 g/mol. The quantitative estimate of drug-likeness (QED) is 0.460. The highest BCUT2D eigenvalue weighted by Crippen LogP contribution is 2.20. The van der Waals surface area contributed by atoms with Crippen molar-refractivity contribution in [3.63, 3.8) is 0 Å². The predicted molar refractivity (Wildman–Crippen MR) is 134 cm³/mol. The molecule has 7 heteroatoms. The Hall–Kier alpha value is -1.69. The van der Waals surface area contributed by atoms with Gasteiger partial charge in [-0.2, -0.15) is 0 Å². The number of carbonyl (C=O) groups is 2. The molecule has 1 fully saturated rings. The van der Waals surface area contributed by atoms with E-state index in [9.17, 15) is 9.59 Å². The number of rotatable bonds is 9. The minimum atomic E-state index is -0.545. The van der Waals surface area contributed by atoms with E-state index in [2.05, 4.69) is 5.32 Å². The molecule has 0 radical (unpaired) electrons. The van der Waals surface area contributed by atoms with Crippen molar-refractivity contribution in [2.75, 3.05) is 5.75 Å². The van der Waals surface area contributed by atoms with Crippen LogP contribution >= 0.6 is 35.0 Å². The third-order valence-corrected chi connectivity index (χ3v) is 7.29. The molecule has 32 heavy (non-hydrogen) atoms. The number of thioether (sulfide) groups is 1. The van der Waals surface area contributed by atoms with E-state index in [4.69, 9.17) is 23.2 Å². The van der Waals surface area contributed by atoms with Gasteiger partial charge in [0.05, 0.1) is 5.75 Å². The molecule has 1 atom stereocenters. The van der Waals surface area contributed by atoms with Gasteiger partial charge in [0.15, 0.2) is 0 Å². The topological polar surface area (TPSA) is 49.4 Å². The highest BCUT2D eigenvalue weighted by Gasteiger charge is 2.28. The van der Waals surface area contributed by atoms with Crippen LogP contribution in [0.2, 0.25) is 10.0 Å². The van der Waals surface area contributed by atoms with Crippen LogP contribution in [0, 0.1) is 0 Å². The smallest absolute Gasteiger partial charge is 0.242 e. The molecule has 1 N–H and O–H groups in total. The van der Waals surface area contributed by atoms with Gasteiger partial charge in [0.1, 0.15) is 6.04 Å². The number of halogens is 2. The molecule has 172 valence electrons. The fourth-order valence-corrected chi connectivity index (χ4v) is 4.98. The Morgan fingerprint density at radius 3 is 2.12 bits per heavy atom. The number of benzene rings is 2. The van der Waals surface area contributed by atoms with E-state index >= 15 is 0 Å². The minimum absolute atomic E-state index is 0.0507. The summed E-state index contributed by atoms with van der Waals surface area (Å²) in [7, 11) is 0. The molecule has 0 spiro atoms. The van der Waals surface area contributed by atoms with Gasteiger partial charge in [-0.1, -0.05) is 66.7 Å². The van der Waals surface area contributed by atoms with Crippen LogP contribution in [0.1, 0.15) is 50.2 Å². The van der Waals surface area contributed by atoms with Crippen LogP contribution in [0.15, 0.2) is 48.5 Å². The van der Waals surface area contributed by atoms with Gasteiger partial charge in [0, 0.05) is 28.4 Å². The molecule has 1 aliphatic rings. The normalized spacial score (nSPS) is 15.2. The van der Waals surface area contributed by atoms with Crippen molar-refractivity contribution in [3.05, 3.63) is 69.7 Å². The lowest BCUT2D eigenvalue weighted by molar-refractivity contribution is -0.139. The maximum absolute atomic E-state index is 13.2. The second-order valence-corrected chi connectivity index (χ2v) is 10.1. The first kappa shape index (κ1) is 24.9. The number of hydrogen-bond donors (Lipinski definition) is 1. The maximum Gasteiger partial charge on any atom is 0.242 e. The van der Waals surface area contributed by atoms with E-state index < -0.39 is 6.04 Å². The van der Waals surface area contributed by atoms with E-state index in [1.54, 1.807) is 4.90 Å². The molecule has 0 aliphatic heterocycles. The summed E-state index contributed by atoms with van der Waals surface area (Å²) >= 11 is 13.5. The molecule has 2 aromatic carbocycles. The molecule has 2 amide bonds. The highest BCUT2D eigenvalue weighted by atomic mass is 35.5. The molecule has 3 rings (SSSR count). The van der Waals surface area contributed by atoms with Gasteiger partial charge < -0.3 is 10.2 Å². The molecular formula is C25H30Cl2N2O2S. The lowest BCUT2D eigenvalue weighted by Gasteiger charge is -2.31. The Kier molecular flexibility index (Phi) is 9.76. The monoisotopic (exact) mass is 492 g/mol. The molecule has 0 saturated heterocycles. The van der Waals surface area contributed by atoms with Crippen LogP contribution in [0.3, 0.4) is 0 Å². The van der Waals surface area contributed by atoms with Crippen molar-refractivity contribution >= 4 is 46.8 Å². The van der Waals surface area contributed by atoms with Crippen molar-refractivity contribution < 1.29 is 9.59 Å². The Morgan fingerprint density at radius 1 is 0.969 bits per heavy atom. The van der Waals surface area contributed by atoms with Gasteiger partial charge in [-0.15, -0.1) is 11.8 Å². The van der Waals surface area contributed by atoms with Crippen LogP contribution in [0.4, 0.5) is 0 Å². The van der Waals surface area contributed by atoms with Gasteiger partial charge in [0.2, 0.25) is 11.8 Å². The average molecular weight is 494 g/mol. The zero-order chi connectivity index (χ0) is 22.9. The van der Waals surface area contributed by atoms with Crippen molar-refractivity contribution in [1.29, 1.82) is 0 Å². The van der Waals surface area contributed by atoms with E-state index in [-0.39, 0.29) is 17.9 Å². The van der Waals surface area contributed by atoms with Gasteiger partial charge in [-0.25, -0.2) is 0 Å². The zero-order valence-corrected chi connectivity index (χ0v) is 20.7. The Balaban J connectivity index is 1.64. The first-order valence-electron chi connectivity index (χ1n) is 11.1. The van der Waals surface area contributed by atoms with E-state index in [0.717, 1.165) is 36.8 Å². The number of carbonyl (C=O) groups excluding carboxylic acids is 2. The Labute approximate surface area is 205 Å². The minimum Gasteiger partial charge on any atom is -0.352 e. The highest BCUT2D eigenvalue weighted by molar-refractivity contribution is 7.99. The van der Waals surface area contributed by atoms with Crippen LogP contribution in [-0.2, 0) is 21.9 Å². The third-order valence-electron chi connectivity index (χ3n) is 5.79. The third kappa shape index (κ3) is 7.72. The average Bonchev–Trinajstić information content (AvgIpc) is 2.80. The fourth-order valence-electron chi connectivity index (χ4n) is 3.86. The first-order chi connectivity index (χ1) is 15.4. The summed E-state index contributed by atoms with van der Waals surface area (Å²) in [6, 6.07) is 14.7. The maximum atomic E-state index is 13.2. The number of amides is 2. The summed E-state index contributed by atoms with van der Waals surface area (Å²) in [5.74, 6) is 0.879. The zero-order valence-electron chi connectivity index (χ0n) is 18.4. The van der Waals surface area contributed by atoms with Crippen LogP contribution in [0.5, 0.6) is 0 Å². The van der Waals surface area contributed by atoms with E-state index in [1.807, 2.05) is 55.5 Å². The Bertz CT molecular complexity index is 884.